The number of hydrogen-bond donors (Lipinski definition) is 1. The summed E-state index contributed by atoms with van der Waals surface area (Å²) in [7, 11) is 0. The van der Waals surface area contributed by atoms with Crippen LogP contribution in [-0.2, 0) is 0 Å². The van der Waals surface area contributed by atoms with Crippen LogP contribution in [0.1, 0.15) is 12.0 Å². The van der Waals surface area contributed by atoms with Gasteiger partial charge in [0.2, 0.25) is 17.3 Å². The number of furan rings is 1. The highest BCUT2D eigenvalue weighted by Crippen LogP contribution is 2.39. The molecule has 1 aliphatic rings. The van der Waals surface area contributed by atoms with Crippen LogP contribution in [0.4, 0.5) is 5.69 Å². The minimum atomic E-state index is -0.469. The van der Waals surface area contributed by atoms with Crippen LogP contribution in [0, 0.1) is 0 Å². The Balaban J connectivity index is 1.88. The lowest BCUT2D eigenvalue weighted by Gasteiger charge is -2.16. The molecule has 3 aromatic rings. The summed E-state index contributed by atoms with van der Waals surface area (Å²) in [5.74, 6) is 1.12. The maximum atomic E-state index is 5.99. The van der Waals surface area contributed by atoms with Crippen molar-refractivity contribution in [1.29, 1.82) is 0 Å². The Morgan fingerprint density at radius 3 is 2.86 bits per heavy atom. The summed E-state index contributed by atoms with van der Waals surface area (Å²) >= 11 is 1.42. The standard InChI is InChI=1S/C15H12N4O2S/c1-22-15-17-14-12(18-19-15)9-5-2-3-6-10(9)16-13(21-14)11-7-4-8-20-11/h2-8,13,16H,1H3/t13-/m0/s1. The molecule has 0 saturated heterocycles. The van der Waals surface area contributed by atoms with Crippen molar-refractivity contribution in [2.45, 2.75) is 11.4 Å². The van der Waals surface area contributed by atoms with Crippen molar-refractivity contribution in [1.82, 2.24) is 15.2 Å². The number of nitrogens with one attached hydrogen (secondary N) is 1. The summed E-state index contributed by atoms with van der Waals surface area (Å²) < 4.78 is 11.5. The van der Waals surface area contributed by atoms with Crippen LogP contribution in [0.25, 0.3) is 11.3 Å². The third-order valence-electron chi connectivity index (χ3n) is 3.32. The van der Waals surface area contributed by atoms with Crippen molar-refractivity contribution in [3.8, 4) is 17.1 Å². The number of ether oxygens (including phenoxy) is 1. The van der Waals surface area contributed by atoms with Gasteiger partial charge in [0.05, 0.1) is 6.26 Å². The van der Waals surface area contributed by atoms with E-state index in [9.17, 15) is 0 Å². The minimum absolute atomic E-state index is 0.443. The summed E-state index contributed by atoms with van der Waals surface area (Å²) in [6, 6.07) is 11.5. The molecule has 4 rings (SSSR count). The molecule has 3 heterocycles. The average molecular weight is 312 g/mol. The van der Waals surface area contributed by atoms with Gasteiger partial charge in [0.15, 0.2) is 11.5 Å². The predicted molar refractivity (Wildman–Crippen MR) is 82.7 cm³/mol. The van der Waals surface area contributed by atoms with Crippen molar-refractivity contribution in [3.63, 3.8) is 0 Å². The molecule has 1 aromatic carbocycles. The van der Waals surface area contributed by atoms with Crippen LogP contribution in [0.2, 0.25) is 0 Å². The lowest BCUT2D eigenvalue weighted by molar-refractivity contribution is 0.195. The molecule has 0 unspecified atom stereocenters. The van der Waals surface area contributed by atoms with Crippen LogP contribution < -0.4 is 10.1 Å². The van der Waals surface area contributed by atoms with Crippen molar-refractivity contribution < 1.29 is 9.15 Å². The Kier molecular flexibility index (Phi) is 3.19. The van der Waals surface area contributed by atoms with E-state index in [4.69, 9.17) is 9.15 Å². The molecule has 6 nitrogen and oxygen atoms in total. The van der Waals surface area contributed by atoms with Crippen LogP contribution in [0.15, 0.2) is 52.2 Å². The number of rotatable bonds is 2. The Bertz CT molecular complexity index is 807. The number of benzene rings is 1. The van der Waals surface area contributed by atoms with Gasteiger partial charge in [0.25, 0.3) is 0 Å². The number of aromatic nitrogens is 3. The van der Waals surface area contributed by atoms with Crippen molar-refractivity contribution >= 4 is 17.4 Å². The second-order valence-corrected chi connectivity index (χ2v) is 5.43. The molecule has 1 aliphatic heterocycles. The summed E-state index contributed by atoms with van der Waals surface area (Å²) in [4.78, 5) is 4.44. The lowest BCUT2D eigenvalue weighted by atomic mass is 10.1. The first kappa shape index (κ1) is 13.1. The number of fused-ring (bicyclic) bond motifs is 3. The van der Waals surface area contributed by atoms with E-state index in [1.165, 1.54) is 11.8 Å². The monoisotopic (exact) mass is 312 g/mol. The second kappa shape index (κ2) is 5.34. The molecular weight excluding hydrogens is 300 g/mol. The van der Waals surface area contributed by atoms with Gasteiger partial charge in [-0.3, -0.25) is 0 Å². The molecule has 2 aromatic heterocycles. The first-order valence-electron chi connectivity index (χ1n) is 6.70. The number of para-hydroxylation sites is 1. The fourth-order valence-corrected chi connectivity index (χ4v) is 2.60. The van der Waals surface area contributed by atoms with Gasteiger partial charge in [-0.05, 0) is 24.5 Å². The zero-order chi connectivity index (χ0) is 14.9. The van der Waals surface area contributed by atoms with Gasteiger partial charge in [0, 0.05) is 11.3 Å². The van der Waals surface area contributed by atoms with Gasteiger partial charge < -0.3 is 14.5 Å². The highest BCUT2D eigenvalue weighted by Gasteiger charge is 2.27. The Morgan fingerprint density at radius 1 is 1.14 bits per heavy atom. The highest BCUT2D eigenvalue weighted by molar-refractivity contribution is 7.98. The SMILES string of the molecule is CSc1nnc2c(n1)O[C@@H](c1ccco1)Nc1ccccc1-2. The molecule has 0 spiro atoms. The van der Waals surface area contributed by atoms with Crippen molar-refractivity contribution in [2.24, 2.45) is 0 Å². The van der Waals surface area contributed by atoms with E-state index in [0.29, 0.717) is 22.5 Å². The summed E-state index contributed by atoms with van der Waals surface area (Å²) in [6.45, 7) is 0. The molecule has 110 valence electrons. The van der Waals surface area contributed by atoms with Crippen LogP contribution >= 0.6 is 11.8 Å². The first-order valence-corrected chi connectivity index (χ1v) is 7.92. The number of anilines is 1. The van der Waals surface area contributed by atoms with E-state index < -0.39 is 6.23 Å². The topological polar surface area (TPSA) is 73.1 Å². The molecule has 0 fully saturated rings. The van der Waals surface area contributed by atoms with Gasteiger partial charge in [-0.25, -0.2) is 0 Å². The normalized spacial score (nSPS) is 16.0. The number of nitrogens with zero attached hydrogens (tertiary/aromatic N) is 3. The fraction of sp³-hybridized carbons (Fsp3) is 0.133. The zero-order valence-corrected chi connectivity index (χ0v) is 12.5. The summed E-state index contributed by atoms with van der Waals surface area (Å²) in [5, 5.41) is 12.3. The number of hydrogen-bond acceptors (Lipinski definition) is 7. The van der Waals surface area contributed by atoms with E-state index in [0.717, 1.165) is 11.3 Å². The maximum Gasteiger partial charge on any atom is 0.247 e. The average Bonchev–Trinajstić information content (AvgIpc) is 3.04. The molecule has 0 amide bonds. The molecule has 0 aliphatic carbocycles. The maximum absolute atomic E-state index is 5.99. The van der Waals surface area contributed by atoms with E-state index in [2.05, 4.69) is 20.5 Å². The van der Waals surface area contributed by atoms with Crippen LogP contribution in [0.3, 0.4) is 0 Å². The molecule has 22 heavy (non-hydrogen) atoms. The van der Waals surface area contributed by atoms with E-state index in [1.54, 1.807) is 6.26 Å². The first-order chi connectivity index (χ1) is 10.8. The van der Waals surface area contributed by atoms with Gasteiger partial charge in [-0.15, -0.1) is 10.2 Å². The summed E-state index contributed by atoms with van der Waals surface area (Å²) in [6.07, 6.45) is 3.05. The Hall–Kier alpha value is -2.54. The smallest absolute Gasteiger partial charge is 0.247 e. The minimum Gasteiger partial charge on any atom is -0.463 e. The second-order valence-electron chi connectivity index (χ2n) is 4.66. The molecular formula is C15H12N4O2S. The Labute approximate surface area is 130 Å². The highest BCUT2D eigenvalue weighted by atomic mass is 32.2. The quantitative estimate of drug-likeness (QED) is 0.727. The van der Waals surface area contributed by atoms with Crippen molar-refractivity contribution in [3.05, 3.63) is 48.4 Å². The van der Waals surface area contributed by atoms with E-state index >= 15 is 0 Å². The third kappa shape index (κ3) is 2.19. The Morgan fingerprint density at radius 2 is 2.05 bits per heavy atom. The molecule has 1 atom stereocenters. The molecule has 1 N–H and O–H groups in total. The van der Waals surface area contributed by atoms with Gasteiger partial charge >= 0.3 is 0 Å². The molecule has 0 saturated carbocycles. The van der Waals surface area contributed by atoms with Crippen molar-refractivity contribution in [2.75, 3.05) is 11.6 Å². The van der Waals surface area contributed by atoms with Gasteiger partial charge in [-0.2, -0.15) is 4.98 Å². The van der Waals surface area contributed by atoms with Gasteiger partial charge in [-0.1, -0.05) is 30.0 Å². The lowest BCUT2D eigenvalue weighted by Crippen LogP contribution is -2.16. The van der Waals surface area contributed by atoms with E-state index in [1.807, 2.05) is 42.7 Å². The molecule has 0 bridgehead atoms. The van der Waals surface area contributed by atoms with E-state index in [-0.39, 0.29) is 0 Å². The zero-order valence-electron chi connectivity index (χ0n) is 11.7. The molecule has 0 radical (unpaired) electrons. The summed E-state index contributed by atoms with van der Waals surface area (Å²) in [5.41, 5.74) is 2.42. The number of thioether (sulfide) groups is 1. The van der Waals surface area contributed by atoms with Crippen LogP contribution in [0.5, 0.6) is 5.88 Å². The molecule has 7 heteroatoms. The van der Waals surface area contributed by atoms with Gasteiger partial charge in [0.1, 0.15) is 0 Å². The predicted octanol–water partition coefficient (Wildman–Crippen LogP) is 3.36. The third-order valence-corrected chi connectivity index (χ3v) is 3.86. The fourth-order valence-electron chi connectivity index (χ4n) is 2.30. The largest absolute Gasteiger partial charge is 0.463 e. The van der Waals surface area contributed by atoms with Crippen LogP contribution in [-0.4, -0.2) is 21.4 Å².